The Morgan fingerprint density at radius 2 is 1.51 bits per heavy atom. The summed E-state index contributed by atoms with van der Waals surface area (Å²) in [5, 5.41) is 8.59. The lowest BCUT2D eigenvalue weighted by molar-refractivity contribution is -0.138. The van der Waals surface area contributed by atoms with Crippen LogP contribution in [0.5, 0.6) is 0 Å². The van der Waals surface area contributed by atoms with Crippen molar-refractivity contribution < 1.29 is 23.9 Å². The number of nitrogens with one attached hydrogen (secondary N) is 3. The molecule has 0 saturated heterocycles. The van der Waals surface area contributed by atoms with E-state index < -0.39 is 29.7 Å². The van der Waals surface area contributed by atoms with Gasteiger partial charge in [0, 0.05) is 30.2 Å². The Morgan fingerprint density at radius 3 is 2.17 bits per heavy atom. The number of benzene rings is 3. The number of para-hydroxylation sites is 1. The zero-order valence-electron chi connectivity index (χ0n) is 24.2. The lowest BCUT2D eigenvalue weighted by Crippen LogP contribution is -2.56. The van der Waals surface area contributed by atoms with Crippen LogP contribution in [0, 0.1) is 20.8 Å². The zero-order valence-corrected chi connectivity index (χ0v) is 24.2. The van der Waals surface area contributed by atoms with E-state index in [9.17, 15) is 14.4 Å². The summed E-state index contributed by atoms with van der Waals surface area (Å²) < 4.78 is 11.5. The molecule has 3 aromatic rings. The Kier molecular flexibility index (Phi) is 9.42. The summed E-state index contributed by atoms with van der Waals surface area (Å²) in [5.41, 5.74) is 3.78. The maximum atomic E-state index is 14.3. The zero-order chi connectivity index (χ0) is 29.6. The number of amides is 4. The van der Waals surface area contributed by atoms with E-state index in [4.69, 9.17) is 9.47 Å². The summed E-state index contributed by atoms with van der Waals surface area (Å²) in [6.07, 6.45) is -0.995. The van der Waals surface area contributed by atoms with Gasteiger partial charge in [-0.2, -0.15) is 0 Å². The second-order valence-electron chi connectivity index (χ2n) is 10.1. The second-order valence-corrected chi connectivity index (χ2v) is 10.1. The first-order valence-electron chi connectivity index (χ1n) is 13.8. The normalized spacial score (nSPS) is 16.0. The standard InChI is InChI=1S/C32H38N4O5/c1-6-40-29(41-7-2)20-36-27-11-9-8-10-26(27)32(30(36)38,35-31(39)34-24-15-12-21(3)13-16-24)19-28(37)33-25-17-14-22(4)23(5)18-25/h8-18,29H,6-7,19-20H2,1-5H3,(H,33,37)(H2,34,35,39)/t32-/m0/s1. The van der Waals surface area contributed by atoms with Crippen LogP contribution in [0.2, 0.25) is 0 Å². The van der Waals surface area contributed by atoms with Gasteiger partial charge < -0.3 is 30.3 Å². The smallest absolute Gasteiger partial charge is 0.320 e. The summed E-state index contributed by atoms with van der Waals surface area (Å²) in [4.78, 5) is 42.8. The molecule has 9 heteroatoms. The topological polar surface area (TPSA) is 109 Å². The third-order valence-corrected chi connectivity index (χ3v) is 7.15. The maximum Gasteiger partial charge on any atom is 0.320 e. The molecule has 4 rings (SSSR count). The van der Waals surface area contributed by atoms with E-state index in [0.29, 0.717) is 35.8 Å². The Labute approximate surface area is 241 Å². The highest BCUT2D eigenvalue weighted by molar-refractivity contribution is 6.12. The van der Waals surface area contributed by atoms with Crippen LogP contribution >= 0.6 is 0 Å². The molecule has 3 aromatic carbocycles. The predicted molar refractivity (Wildman–Crippen MR) is 160 cm³/mol. The van der Waals surface area contributed by atoms with Crippen LogP contribution in [0.1, 0.15) is 42.5 Å². The summed E-state index contributed by atoms with van der Waals surface area (Å²) in [6.45, 7) is 10.5. The Hall–Kier alpha value is -4.21. The second kappa shape index (κ2) is 13.0. The highest BCUT2D eigenvalue weighted by Gasteiger charge is 2.53. The van der Waals surface area contributed by atoms with Crippen molar-refractivity contribution in [2.24, 2.45) is 0 Å². The summed E-state index contributed by atoms with van der Waals surface area (Å²) in [7, 11) is 0. The van der Waals surface area contributed by atoms with E-state index >= 15 is 0 Å². The van der Waals surface area contributed by atoms with Crippen molar-refractivity contribution in [1.82, 2.24) is 5.32 Å². The van der Waals surface area contributed by atoms with E-state index in [1.807, 2.05) is 71.0 Å². The Bertz CT molecular complexity index is 1400. The number of carbonyl (C=O) groups is 3. The fourth-order valence-electron chi connectivity index (χ4n) is 4.97. The van der Waals surface area contributed by atoms with Gasteiger partial charge >= 0.3 is 6.03 Å². The van der Waals surface area contributed by atoms with Crippen LogP contribution in [0.4, 0.5) is 21.9 Å². The molecule has 0 radical (unpaired) electrons. The fourth-order valence-corrected chi connectivity index (χ4v) is 4.97. The average molecular weight is 559 g/mol. The lowest BCUT2D eigenvalue weighted by Gasteiger charge is -2.30. The van der Waals surface area contributed by atoms with E-state index in [2.05, 4.69) is 16.0 Å². The summed E-state index contributed by atoms with van der Waals surface area (Å²) in [6, 6.07) is 19.5. The van der Waals surface area contributed by atoms with Crippen LogP contribution in [-0.2, 0) is 24.6 Å². The summed E-state index contributed by atoms with van der Waals surface area (Å²) in [5.74, 6) is -0.863. The van der Waals surface area contributed by atoms with E-state index in [1.54, 1.807) is 30.3 Å². The molecular weight excluding hydrogens is 520 g/mol. The van der Waals surface area contributed by atoms with Gasteiger partial charge in [-0.15, -0.1) is 0 Å². The Morgan fingerprint density at radius 1 is 0.854 bits per heavy atom. The number of urea groups is 1. The number of fused-ring (bicyclic) bond motifs is 1. The predicted octanol–water partition coefficient (Wildman–Crippen LogP) is 5.40. The number of carbonyl (C=O) groups excluding carboxylic acids is 3. The quantitative estimate of drug-likeness (QED) is 0.273. The molecule has 0 aromatic heterocycles. The number of aryl methyl sites for hydroxylation is 3. The number of rotatable bonds is 11. The molecule has 0 bridgehead atoms. The van der Waals surface area contributed by atoms with Gasteiger partial charge in [-0.05, 0) is 76.1 Å². The molecule has 0 spiro atoms. The first-order chi connectivity index (χ1) is 19.7. The number of ether oxygens (including phenoxy) is 2. The molecule has 3 N–H and O–H groups in total. The molecule has 216 valence electrons. The lowest BCUT2D eigenvalue weighted by atomic mass is 9.87. The van der Waals surface area contributed by atoms with Crippen molar-refractivity contribution in [2.75, 3.05) is 35.3 Å². The van der Waals surface area contributed by atoms with Gasteiger partial charge in [-0.3, -0.25) is 9.59 Å². The van der Waals surface area contributed by atoms with Gasteiger partial charge in [0.1, 0.15) is 0 Å². The van der Waals surface area contributed by atoms with Crippen molar-refractivity contribution in [1.29, 1.82) is 0 Å². The van der Waals surface area contributed by atoms with Crippen molar-refractivity contribution in [3.63, 3.8) is 0 Å². The van der Waals surface area contributed by atoms with Crippen LogP contribution < -0.4 is 20.9 Å². The third-order valence-electron chi connectivity index (χ3n) is 7.15. The van der Waals surface area contributed by atoms with E-state index in [1.165, 1.54) is 4.90 Å². The molecule has 1 aliphatic heterocycles. The van der Waals surface area contributed by atoms with Gasteiger partial charge in [0.05, 0.1) is 18.7 Å². The van der Waals surface area contributed by atoms with Crippen molar-refractivity contribution in [2.45, 2.75) is 52.9 Å². The van der Waals surface area contributed by atoms with Crippen molar-refractivity contribution in [3.05, 3.63) is 89.0 Å². The Balaban J connectivity index is 1.70. The van der Waals surface area contributed by atoms with Gasteiger partial charge in [0.25, 0.3) is 5.91 Å². The molecule has 1 aliphatic rings. The van der Waals surface area contributed by atoms with Crippen LogP contribution in [0.25, 0.3) is 0 Å². The number of nitrogens with zero attached hydrogens (tertiary/aromatic N) is 1. The minimum Gasteiger partial charge on any atom is -0.351 e. The SMILES string of the molecule is CCOC(CN1C(=O)[C@@](CC(=O)Nc2ccc(C)c(C)c2)(NC(=O)Nc2ccc(C)cc2)c2ccccc21)OCC. The molecule has 1 heterocycles. The highest BCUT2D eigenvalue weighted by Crippen LogP contribution is 2.43. The molecule has 4 amide bonds. The molecule has 41 heavy (non-hydrogen) atoms. The number of hydrogen-bond acceptors (Lipinski definition) is 5. The van der Waals surface area contributed by atoms with Crippen molar-refractivity contribution >= 4 is 34.9 Å². The highest BCUT2D eigenvalue weighted by atomic mass is 16.7. The fraction of sp³-hybridized carbons (Fsp3) is 0.344. The van der Waals surface area contributed by atoms with Crippen molar-refractivity contribution in [3.8, 4) is 0 Å². The summed E-state index contributed by atoms with van der Waals surface area (Å²) >= 11 is 0. The molecule has 0 saturated carbocycles. The minimum absolute atomic E-state index is 0.0965. The first kappa shape index (κ1) is 29.8. The molecular formula is C32H38N4O5. The van der Waals surface area contributed by atoms with Gasteiger partial charge in [0.2, 0.25) is 5.91 Å². The minimum atomic E-state index is -1.67. The first-order valence-corrected chi connectivity index (χ1v) is 13.8. The molecule has 0 unspecified atom stereocenters. The van der Waals surface area contributed by atoms with Gasteiger partial charge in [-0.1, -0.05) is 42.0 Å². The van der Waals surface area contributed by atoms with Gasteiger partial charge in [0.15, 0.2) is 11.8 Å². The van der Waals surface area contributed by atoms with Crippen LogP contribution in [0.15, 0.2) is 66.7 Å². The number of anilines is 3. The average Bonchev–Trinajstić information content (AvgIpc) is 3.15. The maximum absolute atomic E-state index is 14.3. The monoisotopic (exact) mass is 558 g/mol. The molecule has 1 atom stereocenters. The number of hydrogen-bond donors (Lipinski definition) is 3. The van der Waals surface area contributed by atoms with Gasteiger partial charge in [-0.25, -0.2) is 4.79 Å². The molecule has 0 aliphatic carbocycles. The largest absolute Gasteiger partial charge is 0.351 e. The molecule has 9 nitrogen and oxygen atoms in total. The van der Waals surface area contributed by atoms with E-state index in [-0.39, 0.29) is 13.0 Å². The third kappa shape index (κ3) is 6.75. The van der Waals surface area contributed by atoms with E-state index in [0.717, 1.165) is 16.7 Å². The van der Waals surface area contributed by atoms with Crippen LogP contribution in [0.3, 0.4) is 0 Å². The van der Waals surface area contributed by atoms with Crippen LogP contribution in [-0.4, -0.2) is 43.9 Å². The molecule has 0 fully saturated rings.